The zero-order chi connectivity index (χ0) is 15.3. The van der Waals surface area contributed by atoms with Gasteiger partial charge in [0.15, 0.2) is 5.78 Å². The summed E-state index contributed by atoms with van der Waals surface area (Å²) in [6, 6.07) is 6.43. The summed E-state index contributed by atoms with van der Waals surface area (Å²) in [6.45, 7) is 1.49. The van der Waals surface area contributed by atoms with Gasteiger partial charge in [-0.2, -0.15) is 0 Å². The molecule has 0 bridgehead atoms. The van der Waals surface area contributed by atoms with Gasteiger partial charge in [-0.1, -0.05) is 12.1 Å². The summed E-state index contributed by atoms with van der Waals surface area (Å²) in [5.74, 6) is -1.21. The smallest absolute Gasteiger partial charge is 0.249 e. The van der Waals surface area contributed by atoms with Gasteiger partial charge in [-0.15, -0.1) is 0 Å². The molecule has 0 radical (unpaired) electrons. The Kier molecular flexibility index (Phi) is 3.17. The number of rotatable bonds is 2. The molecule has 21 heavy (non-hydrogen) atoms. The Morgan fingerprint density at radius 1 is 1.29 bits per heavy atom. The van der Waals surface area contributed by atoms with Crippen molar-refractivity contribution >= 4 is 27.6 Å². The van der Waals surface area contributed by atoms with E-state index in [2.05, 4.69) is 15.9 Å². The zero-order valence-corrected chi connectivity index (χ0v) is 12.8. The molecule has 5 heteroatoms. The molecule has 0 heterocycles. The molecule has 1 aliphatic carbocycles. The largest absolute Gasteiger partial charge is 0.366 e. The van der Waals surface area contributed by atoms with E-state index in [1.165, 1.54) is 6.92 Å². The highest BCUT2D eigenvalue weighted by molar-refractivity contribution is 9.10. The number of halogens is 2. The summed E-state index contributed by atoms with van der Waals surface area (Å²) in [7, 11) is 0. The third kappa shape index (κ3) is 2.08. The quantitative estimate of drug-likeness (QED) is 0.721. The molecule has 2 aromatic rings. The topological polar surface area (TPSA) is 60.2 Å². The van der Waals surface area contributed by atoms with E-state index < -0.39 is 11.7 Å². The normalized spacial score (nSPS) is 12.0. The number of carbonyl (C=O) groups is 2. The van der Waals surface area contributed by atoms with Gasteiger partial charge in [0.05, 0.1) is 4.47 Å². The van der Waals surface area contributed by atoms with Crippen LogP contribution in [0, 0.1) is 5.82 Å². The van der Waals surface area contributed by atoms with Crippen LogP contribution >= 0.6 is 15.9 Å². The zero-order valence-electron chi connectivity index (χ0n) is 11.2. The van der Waals surface area contributed by atoms with Gasteiger partial charge in [-0.05, 0) is 58.1 Å². The van der Waals surface area contributed by atoms with E-state index in [4.69, 9.17) is 5.73 Å². The molecule has 0 aromatic heterocycles. The fourth-order valence-electron chi connectivity index (χ4n) is 2.74. The van der Waals surface area contributed by atoms with Crippen LogP contribution < -0.4 is 5.73 Å². The number of benzene rings is 2. The van der Waals surface area contributed by atoms with Crippen molar-refractivity contribution in [1.82, 2.24) is 0 Å². The molecule has 0 spiro atoms. The molecule has 2 aromatic carbocycles. The van der Waals surface area contributed by atoms with Gasteiger partial charge in [0.2, 0.25) is 5.91 Å². The third-order valence-corrected chi connectivity index (χ3v) is 4.52. The number of primary amides is 1. The number of carbonyl (C=O) groups excluding carboxylic acids is 2. The summed E-state index contributed by atoms with van der Waals surface area (Å²) < 4.78 is 14.3. The Morgan fingerprint density at radius 3 is 2.62 bits per heavy atom. The maximum atomic E-state index is 14.0. The Hall–Kier alpha value is -2.01. The Balaban J connectivity index is 2.29. The molecule has 106 valence electrons. The third-order valence-electron chi connectivity index (χ3n) is 3.74. The van der Waals surface area contributed by atoms with E-state index in [1.54, 1.807) is 18.2 Å². The van der Waals surface area contributed by atoms with Crippen LogP contribution in [0.5, 0.6) is 0 Å². The number of amides is 1. The minimum atomic E-state index is -0.655. The van der Waals surface area contributed by atoms with Crippen molar-refractivity contribution in [3.63, 3.8) is 0 Å². The van der Waals surface area contributed by atoms with E-state index >= 15 is 0 Å². The Morgan fingerprint density at radius 2 is 2.00 bits per heavy atom. The lowest BCUT2D eigenvalue weighted by molar-refractivity contribution is 0.0995. The molecule has 3 nitrogen and oxygen atoms in total. The van der Waals surface area contributed by atoms with Gasteiger partial charge in [0.1, 0.15) is 5.82 Å². The molecular weight excluding hydrogens is 337 g/mol. The fourth-order valence-corrected chi connectivity index (χ4v) is 3.31. The summed E-state index contributed by atoms with van der Waals surface area (Å²) in [5, 5.41) is 0. The summed E-state index contributed by atoms with van der Waals surface area (Å²) in [5.41, 5.74) is 9.19. The first-order chi connectivity index (χ1) is 9.90. The van der Waals surface area contributed by atoms with E-state index in [-0.39, 0.29) is 11.3 Å². The second kappa shape index (κ2) is 4.77. The predicted molar refractivity (Wildman–Crippen MR) is 80.9 cm³/mol. The average molecular weight is 348 g/mol. The first kappa shape index (κ1) is 13.9. The Labute approximate surface area is 129 Å². The van der Waals surface area contributed by atoms with Crippen LogP contribution in [0.2, 0.25) is 0 Å². The monoisotopic (exact) mass is 347 g/mol. The molecule has 3 rings (SSSR count). The van der Waals surface area contributed by atoms with Crippen LogP contribution in [-0.2, 0) is 6.42 Å². The molecule has 0 atom stereocenters. The van der Waals surface area contributed by atoms with Crippen LogP contribution in [0.1, 0.15) is 38.8 Å². The van der Waals surface area contributed by atoms with Gasteiger partial charge < -0.3 is 5.73 Å². The van der Waals surface area contributed by atoms with Gasteiger partial charge in [-0.3, -0.25) is 9.59 Å². The number of hydrogen-bond donors (Lipinski definition) is 1. The molecular formula is C16H11BrFNO2. The second-order valence-electron chi connectivity index (χ2n) is 5.04. The highest BCUT2D eigenvalue weighted by Crippen LogP contribution is 2.44. The van der Waals surface area contributed by atoms with E-state index in [1.807, 2.05) is 0 Å². The van der Waals surface area contributed by atoms with Crippen LogP contribution in [0.25, 0.3) is 11.1 Å². The van der Waals surface area contributed by atoms with Crippen molar-refractivity contribution in [2.45, 2.75) is 13.3 Å². The average Bonchev–Trinajstić information content (AvgIpc) is 2.80. The molecule has 2 N–H and O–H groups in total. The number of hydrogen-bond acceptors (Lipinski definition) is 2. The molecule has 0 saturated heterocycles. The van der Waals surface area contributed by atoms with Crippen molar-refractivity contribution in [3.05, 3.63) is 56.8 Å². The number of fused-ring (bicyclic) bond motifs is 3. The van der Waals surface area contributed by atoms with Gasteiger partial charge >= 0.3 is 0 Å². The van der Waals surface area contributed by atoms with Crippen LogP contribution in [0.4, 0.5) is 4.39 Å². The first-order valence-corrected chi connectivity index (χ1v) is 7.14. The standard InChI is InChI=1S/C16H11BrFNO2/c1-7(20)8-2-3-10-9(4-8)5-11-12(16(19)21)6-13(18)15(17)14(10)11/h2-4,6H,5H2,1H3,(H2,19,21). The van der Waals surface area contributed by atoms with Gasteiger partial charge in [0, 0.05) is 16.7 Å². The molecule has 0 saturated carbocycles. The number of Topliss-reactive ketones (excluding diaryl/α,β-unsaturated/α-hetero) is 1. The van der Waals surface area contributed by atoms with E-state index in [0.29, 0.717) is 27.6 Å². The lowest BCUT2D eigenvalue weighted by atomic mass is 10.00. The number of ketones is 1. The Bertz CT molecular complexity index is 814. The highest BCUT2D eigenvalue weighted by Gasteiger charge is 2.28. The van der Waals surface area contributed by atoms with Gasteiger partial charge in [0.25, 0.3) is 0 Å². The van der Waals surface area contributed by atoms with E-state index in [9.17, 15) is 14.0 Å². The van der Waals surface area contributed by atoms with Crippen molar-refractivity contribution in [2.75, 3.05) is 0 Å². The second-order valence-corrected chi connectivity index (χ2v) is 5.84. The highest BCUT2D eigenvalue weighted by atomic mass is 79.9. The van der Waals surface area contributed by atoms with Crippen molar-refractivity contribution < 1.29 is 14.0 Å². The molecule has 1 aliphatic rings. The fraction of sp³-hybridized carbons (Fsp3) is 0.125. The molecule has 0 aliphatic heterocycles. The van der Waals surface area contributed by atoms with Crippen molar-refractivity contribution in [2.24, 2.45) is 5.73 Å². The minimum Gasteiger partial charge on any atom is -0.366 e. The van der Waals surface area contributed by atoms with Crippen molar-refractivity contribution in [1.29, 1.82) is 0 Å². The minimum absolute atomic E-state index is 0.0332. The SMILES string of the molecule is CC(=O)c1ccc2c(c1)Cc1c(C(N)=O)cc(F)c(Br)c1-2. The molecule has 0 fully saturated rings. The van der Waals surface area contributed by atoms with Gasteiger partial charge in [-0.25, -0.2) is 4.39 Å². The summed E-state index contributed by atoms with van der Waals surface area (Å²) >= 11 is 3.24. The summed E-state index contributed by atoms with van der Waals surface area (Å²) in [6.07, 6.45) is 0.461. The van der Waals surface area contributed by atoms with Crippen LogP contribution in [-0.4, -0.2) is 11.7 Å². The predicted octanol–water partition coefficient (Wildman–Crippen LogP) is 3.46. The maximum absolute atomic E-state index is 14.0. The van der Waals surface area contributed by atoms with E-state index in [0.717, 1.165) is 17.2 Å². The lowest BCUT2D eigenvalue weighted by Crippen LogP contribution is -2.14. The first-order valence-electron chi connectivity index (χ1n) is 6.35. The number of nitrogens with two attached hydrogens (primary N) is 1. The van der Waals surface area contributed by atoms with Crippen LogP contribution in [0.15, 0.2) is 28.7 Å². The maximum Gasteiger partial charge on any atom is 0.249 e. The molecule has 0 unspecified atom stereocenters. The van der Waals surface area contributed by atoms with Crippen molar-refractivity contribution in [3.8, 4) is 11.1 Å². The molecule has 1 amide bonds. The van der Waals surface area contributed by atoms with Crippen LogP contribution in [0.3, 0.4) is 0 Å². The summed E-state index contributed by atoms with van der Waals surface area (Å²) in [4.78, 5) is 23.0. The lowest BCUT2D eigenvalue weighted by Gasteiger charge is -2.09.